The largest absolute Gasteiger partial charge is 0.360 e. The van der Waals surface area contributed by atoms with Crippen molar-refractivity contribution in [3.63, 3.8) is 0 Å². The van der Waals surface area contributed by atoms with Gasteiger partial charge in [-0.3, -0.25) is 0 Å². The molecule has 0 saturated heterocycles. The Morgan fingerprint density at radius 3 is 2.35 bits per heavy atom. The van der Waals surface area contributed by atoms with Crippen LogP contribution in [-0.4, -0.2) is 15.1 Å². The summed E-state index contributed by atoms with van der Waals surface area (Å²) in [5.41, 5.74) is 0.343. The molecule has 0 aliphatic heterocycles. The average Bonchev–Trinajstić information content (AvgIpc) is 2.88. The Hall–Kier alpha value is -3.03. The highest BCUT2D eigenvalue weighted by atomic mass is 19.1. The molecule has 2 heterocycles. The first-order valence-corrected chi connectivity index (χ1v) is 6.78. The second-order valence-corrected chi connectivity index (χ2v) is 4.89. The average molecular weight is 317 g/mol. The van der Waals surface area contributed by atoms with Gasteiger partial charge in [0.25, 0.3) is 0 Å². The maximum Gasteiger partial charge on any atom is 0.230 e. The molecule has 2 aromatic heterocycles. The fourth-order valence-electron chi connectivity index (χ4n) is 1.97. The van der Waals surface area contributed by atoms with Crippen LogP contribution in [0.25, 0.3) is 0 Å². The van der Waals surface area contributed by atoms with E-state index in [2.05, 4.69) is 25.8 Å². The number of nitrogens with zero attached hydrogens (tertiary/aromatic N) is 3. The Bertz CT molecular complexity index is 829. The number of rotatable bonds is 4. The van der Waals surface area contributed by atoms with Crippen molar-refractivity contribution < 1.29 is 13.3 Å². The minimum absolute atomic E-state index is 0.234. The first-order valence-electron chi connectivity index (χ1n) is 6.78. The highest BCUT2D eigenvalue weighted by Gasteiger charge is 2.11. The van der Waals surface area contributed by atoms with Crippen LogP contribution in [0.15, 0.2) is 34.9 Å². The van der Waals surface area contributed by atoms with E-state index in [9.17, 15) is 8.78 Å². The summed E-state index contributed by atoms with van der Waals surface area (Å²) >= 11 is 0. The van der Waals surface area contributed by atoms with E-state index in [1.807, 2.05) is 0 Å². The molecule has 0 spiro atoms. The van der Waals surface area contributed by atoms with E-state index < -0.39 is 11.6 Å². The fraction of sp³-hybridized carbons (Fsp3) is 0.133. The summed E-state index contributed by atoms with van der Waals surface area (Å²) in [5, 5.41) is 9.27. The van der Waals surface area contributed by atoms with Crippen LogP contribution in [0.2, 0.25) is 0 Å². The summed E-state index contributed by atoms with van der Waals surface area (Å²) in [7, 11) is 0. The van der Waals surface area contributed by atoms with Crippen LogP contribution in [0.3, 0.4) is 0 Å². The van der Waals surface area contributed by atoms with Crippen molar-refractivity contribution in [3.05, 3.63) is 53.4 Å². The third kappa shape index (κ3) is 3.42. The summed E-state index contributed by atoms with van der Waals surface area (Å²) in [4.78, 5) is 8.36. The molecule has 0 aliphatic carbocycles. The van der Waals surface area contributed by atoms with Crippen molar-refractivity contribution in [1.29, 1.82) is 0 Å². The standard InChI is InChI=1S/C15H13F2N5O/c1-8-6-12(19-14-10(16)4-3-5-11(14)17)20-15(18-8)21-13-7-9(2)23-22-13/h3-7H,1-2H3,(H2,18,19,20,21,22). The number of aryl methyl sites for hydroxylation is 2. The maximum atomic E-state index is 13.7. The number of hydrogen-bond acceptors (Lipinski definition) is 6. The summed E-state index contributed by atoms with van der Waals surface area (Å²) in [6.45, 7) is 3.49. The minimum Gasteiger partial charge on any atom is -0.360 e. The molecule has 0 bridgehead atoms. The van der Waals surface area contributed by atoms with Crippen molar-refractivity contribution >= 4 is 23.3 Å². The first kappa shape index (κ1) is 14.9. The van der Waals surface area contributed by atoms with Gasteiger partial charge in [-0.2, -0.15) is 4.98 Å². The zero-order valence-electron chi connectivity index (χ0n) is 12.4. The molecule has 6 nitrogen and oxygen atoms in total. The lowest BCUT2D eigenvalue weighted by molar-refractivity contribution is 0.400. The van der Waals surface area contributed by atoms with E-state index in [0.29, 0.717) is 17.3 Å². The van der Waals surface area contributed by atoms with E-state index in [4.69, 9.17) is 4.52 Å². The van der Waals surface area contributed by atoms with E-state index >= 15 is 0 Å². The molecule has 0 aliphatic rings. The molecule has 1 aromatic carbocycles. The van der Waals surface area contributed by atoms with Gasteiger partial charge in [0, 0.05) is 17.8 Å². The third-order valence-corrected chi connectivity index (χ3v) is 2.94. The van der Waals surface area contributed by atoms with Gasteiger partial charge in [0.1, 0.15) is 28.9 Å². The number of nitrogens with one attached hydrogen (secondary N) is 2. The molecule has 118 valence electrons. The lowest BCUT2D eigenvalue weighted by Gasteiger charge is -2.10. The Morgan fingerprint density at radius 1 is 0.957 bits per heavy atom. The maximum absolute atomic E-state index is 13.7. The van der Waals surface area contributed by atoms with Gasteiger partial charge in [-0.05, 0) is 26.0 Å². The number of hydrogen-bond donors (Lipinski definition) is 2. The van der Waals surface area contributed by atoms with Crippen LogP contribution >= 0.6 is 0 Å². The Balaban J connectivity index is 1.88. The SMILES string of the molecule is Cc1cc(Nc2c(F)cccc2F)nc(Nc2cc(C)on2)n1. The Kier molecular flexibility index (Phi) is 3.88. The van der Waals surface area contributed by atoms with E-state index in [1.165, 1.54) is 6.07 Å². The highest BCUT2D eigenvalue weighted by molar-refractivity contribution is 5.60. The fourth-order valence-corrected chi connectivity index (χ4v) is 1.97. The van der Waals surface area contributed by atoms with Crippen LogP contribution in [0, 0.1) is 25.5 Å². The van der Waals surface area contributed by atoms with Gasteiger partial charge >= 0.3 is 0 Å². The zero-order chi connectivity index (χ0) is 16.4. The van der Waals surface area contributed by atoms with Crippen molar-refractivity contribution in [3.8, 4) is 0 Å². The number of para-hydroxylation sites is 1. The van der Waals surface area contributed by atoms with Gasteiger partial charge in [-0.1, -0.05) is 11.2 Å². The van der Waals surface area contributed by atoms with Crippen molar-refractivity contribution in [2.45, 2.75) is 13.8 Å². The molecular weight excluding hydrogens is 304 g/mol. The molecule has 3 rings (SSSR count). The van der Waals surface area contributed by atoms with E-state index in [0.717, 1.165) is 12.1 Å². The Morgan fingerprint density at radius 2 is 1.70 bits per heavy atom. The summed E-state index contributed by atoms with van der Waals surface area (Å²) < 4.78 is 32.3. The quantitative estimate of drug-likeness (QED) is 0.761. The Labute approximate surface area is 130 Å². The van der Waals surface area contributed by atoms with Crippen LogP contribution in [0.5, 0.6) is 0 Å². The van der Waals surface area contributed by atoms with Gasteiger partial charge in [-0.25, -0.2) is 13.8 Å². The molecule has 8 heteroatoms. The lowest BCUT2D eigenvalue weighted by Crippen LogP contribution is -2.04. The van der Waals surface area contributed by atoms with Crippen LogP contribution in [-0.2, 0) is 0 Å². The smallest absolute Gasteiger partial charge is 0.230 e. The summed E-state index contributed by atoms with van der Waals surface area (Å²) in [6, 6.07) is 6.87. The second kappa shape index (κ2) is 5.99. The van der Waals surface area contributed by atoms with Crippen LogP contribution < -0.4 is 10.6 Å². The predicted octanol–water partition coefficient (Wildman–Crippen LogP) is 3.85. The van der Waals surface area contributed by atoms with Gasteiger partial charge in [0.05, 0.1) is 0 Å². The van der Waals surface area contributed by atoms with Gasteiger partial charge in [-0.15, -0.1) is 0 Å². The number of benzene rings is 1. The topological polar surface area (TPSA) is 75.9 Å². The minimum atomic E-state index is -0.706. The molecule has 0 amide bonds. The summed E-state index contributed by atoms with van der Waals surface area (Å²) in [6.07, 6.45) is 0. The molecular formula is C15H13F2N5O. The lowest BCUT2D eigenvalue weighted by atomic mass is 10.3. The molecule has 0 unspecified atom stereocenters. The monoisotopic (exact) mass is 317 g/mol. The van der Waals surface area contributed by atoms with Crippen LogP contribution in [0.4, 0.5) is 32.1 Å². The van der Waals surface area contributed by atoms with Crippen molar-refractivity contribution in [1.82, 2.24) is 15.1 Å². The molecule has 3 aromatic rings. The van der Waals surface area contributed by atoms with Crippen molar-refractivity contribution in [2.75, 3.05) is 10.6 Å². The molecule has 0 fully saturated rings. The summed E-state index contributed by atoms with van der Waals surface area (Å²) in [5.74, 6) is 0.149. The first-order chi connectivity index (χ1) is 11.0. The molecule has 2 N–H and O–H groups in total. The number of aromatic nitrogens is 3. The van der Waals surface area contributed by atoms with Gasteiger partial charge < -0.3 is 15.2 Å². The van der Waals surface area contributed by atoms with E-state index in [1.54, 1.807) is 26.0 Å². The second-order valence-electron chi connectivity index (χ2n) is 4.89. The van der Waals surface area contributed by atoms with Crippen molar-refractivity contribution in [2.24, 2.45) is 0 Å². The van der Waals surface area contributed by atoms with Crippen LogP contribution in [0.1, 0.15) is 11.5 Å². The van der Waals surface area contributed by atoms with Gasteiger partial charge in [0.15, 0.2) is 5.82 Å². The third-order valence-electron chi connectivity index (χ3n) is 2.94. The molecule has 23 heavy (non-hydrogen) atoms. The highest BCUT2D eigenvalue weighted by Crippen LogP contribution is 2.23. The molecule has 0 saturated carbocycles. The van der Waals surface area contributed by atoms with Gasteiger partial charge in [0.2, 0.25) is 5.95 Å². The zero-order valence-corrected chi connectivity index (χ0v) is 12.4. The molecule has 0 radical (unpaired) electrons. The predicted molar refractivity (Wildman–Crippen MR) is 80.9 cm³/mol. The number of anilines is 4. The van der Waals surface area contributed by atoms with E-state index in [-0.39, 0.29) is 17.5 Å². The molecule has 0 atom stereocenters. The number of halogens is 2. The normalized spacial score (nSPS) is 10.6.